The summed E-state index contributed by atoms with van der Waals surface area (Å²) in [6.45, 7) is 5.32. The van der Waals surface area contributed by atoms with Gasteiger partial charge in [-0.05, 0) is 50.9 Å². The average molecular weight is 325 g/mol. The van der Waals surface area contributed by atoms with Crippen molar-refractivity contribution < 1.29 is 22.8 Å². The van der Waals surface area contributed by atoms with E-state index in [1.807, 2.05) is 33.8 Å². The third kappa shape index (κ3) is 4.10. The van der Waals surface area contributed by atoms with Crippen LogP contribution in [0.15, 0.2) is 29.7 Å². The Morgan fingerprint density at radius 1 is 1.17 bits per heavy atom. The number of nitrogens with two attached hydrogens (primary N) is 1. The van der Waals surface area contributed by atoms with Gasteiger partial charge in [0.15, 0.2) is 0 Å². The number of halogens is 2. The fourth-order valence-electron chi connectivity index (χ4n) is 2.18. The van der Waals surface area contributed by atoms with E-state index in [0.29, 0.717) is 0 Å². The number of hydrogen-bond donors (Lipinski definition) is 1. The summed E-state index contributed by atoms with van der Waals surface area (Å²) >= 11 is 0. The standard InChI is InChI=1S/C16H22BF2NO3/c1-15(2)16(3,4)23-17(22-15)12(10-20)9-11-5-7-13(8-6-11)21-14(18)19/h5-9,14H,10,20H2,1-4H3. The van der Waals surface area contributed by atoms with Crippen molar-refractivity contribution in [1.82, 2.24) is 0 Å². The minimum atomic E-state index is -2.83. The Hall–Kier alpha value is -1.44. The van der Waals surface area contributed by atoms with Gasteiger partial charge in [0.05, 0.1) is 11.2 Å². The minimum absolute atomic E-state index is 0.113. The smallest absolute Gasteiger partial charge is 0.435 e. The number of hydrogen-bond acceptors (Lipinski definition) is 4. The predicted octanol–water partition coefficient (Wildman–Crippen LogP) is 3.26. The number of ether oxygens (including phenoxy) is 1. The summed E-state index contributed by atoms with van der Waals surface area (Å²) in [7, 11) is -0.526. The molecule has 2 rings (SSSR count). The Morgan fingerprint density at radius 3 is 2.13 bits per heavy atom. The second-order valence-corrected chi connectivity index (χ2v) is 6.46. The molecule has 7 heteroatoms. The normalized spacial score (nSPS) is 20.2. The fraction of sp³-hybridized carbons (Fsp3) is 0.500. The van der Waals surface area contributed by atoms with Crippen LogP contribution in [0, 0.1) is 0 Å². The monoisotopic (exact) mass is 325 g/mol. The Kier molecular flexibility index (Phi) is 5.13. The molecule has 23 heavy (non-hydrogen) atoms. The van der Waals surface area contributed by atoms with Crippen LogP contribution < -0.4 is 10.5 Å². The zero-order chi connectivity index (χ0) is 17.3. The second-order valence-electron chi connectivity index (χ2n) is 6.46. The highest BCUT2D eigenvalue weighted by atomic mass is 19.3. The Balaban J connectivity index is 2.16. The zero-order valence-corrected chi connectivity index (χ0v) is 13.8. The maximum atomic E-state index is 12.2. The average Bonchev–Trinajstić information content (AvgIpc) is 2.66. The first kappa shape index (κ1) is 17.9. The molecule has 0 atom stereocenters. The summed E-state index contributed by atoms with van der Waals surface area (Å²) in [5.74, 6) is 0.113. The topological polar surface area (TPSA) is 53.7 Å². The van der Waals surface area contributed by atoms with Gasteiger partial charge in [0.1, 0.15) is 5.75 Å². The van der Waals surface area contributed by atoms with Crippen molar-refractivity contribution in [3.63, 3.8) is 0 Å². The summed E-state index contributed by atoms with van der Waals surface area (Å²) in [4.78, 5) is 0. The molecule has 4 nitrogen and oxygen atoms in total. The van der Waals surface area contributed by atoms with Crippen LogP contribution >= 0.6 is 0 Å². The lowest BCUT2D eigenvalue weighted by Gasteiger charge is -2.32. The molecule has 1 heterocycles. The van der Waals surface area contributed by atoms with Gasteiger partial charge in [-0.1, -0.05) is 18.2 Å². The van der Waals surface area contributed by atoms with Crippen LogP contribution in [0.2, 0.25) is 0 Å². The lowest BCUT2D eigenvalue weighted by molar-refractivity contribution is -0.0498. The van der Waals surface area contributed by atoms with E-state index in [1.165, 1.54) is 12.1 Å². The van der Waals surface area contributed by atoms with E-state index in [9.17, 15) is 8.78 Å². The van der Waals surface area contributed by atoms with Crippen LogP contribution in [0.1, 0.15) is 33.3 Å². The quantitative estimate of drug-likeness (QED) is 0.844. The Morgan fingerprint density at radius 2 is 1.70 bits per heavy atom. The molecule has 1 aromatic carbocycles. The van der Waals surface area contributed by atoms with Crippen LogP contribution in [0.5, 0.6) is 5.75 Å². The first-order valence-electron chi connectivity index (χ1n) is 7.46. The van der Waals surface area contributed by atoms with Crippen molar-refractivity contribution >= 4 is 13.2 Å². The molecule has 0 aliphatic carbocycles. The zero-order valence-electron chi connectivity index (χ0n) is 13.8. The maximum absolute atomic E-state index is 12.2. The predicted molar refractivity (Wildman–Crippen MR) is 86.2 cm³/mol. The first-order valence-corrected chi connectivity index (χ1v) is 7.46. The lowest BCUT2D eigenvalue weighted by atomic mass is 9.77. The largest absolute Gasteiger partial charge is 0.491 e. The molecule has 2 N–H and O–H groups in total. The third-order valence-corrected chi connectivity index (χ3v) is 4.25. The molecule has 0 spiro atoms. The number of alkyl halides is 2. The summed E-state index contributed by atoms with van der Waals surface area (Å²) in [5.41, 5.74) is 6.52. The highest BCUT2D eigenvalue weighted by Crippen LogP contribution is 2.38. The van der Waals surface area contributed by atoms with E-state index in [4.69, 9.17) is 15.0 Å². The van der Waals surface area contributed by atoms with Crippen LogP contribution in [-0.4, -0.2) is 31.5 Å². The molecule has 126 valence electrons. The highest BCUT2D eigenvalue weighted by Gasteiger charge is 2.52. The molecule has 1 aromatic rings. The van der Waals surface area contributed by atoms with Crippen LogP contribution in [0.4, 0.5) is 8.78 Å². The molecule has 0 radical (unpaired) electrons. The van der Waals surface area contributed by atoms with Gasteiger partial charge in [-0.25, -0.2) is 0 Å². The molecule has 0 amide bonds. The van der Waals surface area contributed by atoms with E-state index in [-0.39, 0.29) is 12.3 Å². The summed E-state index contributed by atoms with van der Waals surface area (Å²) in [5, 5.41) is 0. The second kappa shape index (κ2) is 6.59. The molecule has 0 saturated carbocycles. The molecule has 0 aromatic heterocycles. The molecule has 1 saturated heterocycles. The number of benzene rings is 1. The minimum Gasteiger partial charge on any atom is -0.435 e. The van der Waals surface area contributed by atoms with Gasteiger partial charge < -0.3 is 19.8 Å². The van der Waals surface area contributed by atoms with Crippen LogP contribution in [-0.2, 0) is 9.31 Å². The Labute approximate surface area is 135 Å². The van der Waals surface area contributed by atoms with Crippen molar-refractivity contribution in [3.8, 4) is 5.75 Å². The van der Waals surface area contributed by atoms with Gasteiger partial charge in [0.25, 0.3) is 0 Å². The molecule has 1 aliphatic heterocycles. The fourth-order valence-corrected chi connectivity index (χ4v) is 2.18. The van der Waals surface area contributed by atoms with Crippen LogP contribution in [0.25, 0.3) is 6.08 Å². The van der Waals surface area contributed by atoms with Gasteiger partial charge in [0, 0.05) is 6.54 Å². The van der Waals surface area contributed by atoms with E-state index >= 15 is 0 Å². The van der Waals surface area contributed by atoms with Crippen molar-refractivity contribution in [3.05, 3.63) is 35.3 Å². The van der Waals surface area contributed by atoms with Gasteiger partial charge in [-0.2, -0.15) is 8.78 Å². The molecule has 0 bridgehead atoms. The van der Waals surface area contributed by atoms with E-state index < -0.39 is 24.9 Å². The van der Waals surface area contributed by atoms with Gasteiger partial charge in [-0.15, -0.1) is 0 Å². The van der Waals surface area contributed by atoms with Gasteiger partial charge in [-0.3, -0.25) is 0 Å². The van der Waals surface area contributed by atoms with Crippen molar-refractivity contribution in [2.45, 2.75) is 45.5 Å². The lowest BCUT2D eigenvalue weighted by Crippen LogP contribution is -2.41. The van der Waals surface area contributed by atoms with Crippen molar-refractivity contribution in [1.29, 1.82) is 0 Å². The highest BCUT2D eigenvalue weighted by molar-refractivity contribution is 6.55. The molecular formula is C16H22BF2NO3. The molecule has 1 aliphatic rings. The van der Waals surface area contributed by atoms with E-state index in [1.54, 1.807) is 12.1 Å². The molecular weight excluding hydrogens is 303 g/mol. The molecule has 1 fully saturated rings. The molecule has 0 unspecified atom stereocenters. The Bertz CT molecular complexity index is 557. The first-order chi connectivity index (χ1) is 10.6. The van der Waals surface area contributed by atoms with Crippen molar-refractivity contribution in [2.75, 3.05) is 6.54 Å². The van der Waals surface area contributed by atoms with E-state index in [2.05, 4.69) is 4.74 Å². The number of rotatable bonds is 5. The van der Waals surface area contributed by atoms with Crippen LogP contribution in [0.3, 0.4) is 0 Å². The summed E-state index contributed by atoms with van der Waals surface area (Å²) < 4.78 is 40.6. The SMILES string of the molecule is CC1(C)OB(C(=Cc2ccc(OC(F)F)cc2)CN)OC1(C)C. The third-order valence-electron chi connectivity index (χ3n) is 4.25. The maximum Gasteiger partial charge on any atom is 0.491 e. The van der Waals surface area contributed by atoms with Gasteiger partial charge >= 0.3 is 13.7 Å². The van der Waals surface area contributed by atoms with Crippen molar-refractivity contribution in [2.24, 2.45) is 5.73 Å². The van der Waals surface area contributed by atoms with E-state index in [0.717, 1.165) is 11.0 Å². The summed E-state index contributed by atoms with van der Waals surface area (Å²) in [6, 6.07) is 6.32. The summed E-state index contributed by atoms with van der Waals surface area (Å²) in [6.07, 6.45) is 1.84. The van der Waals surface area contributed by atoms with Gasteiger partial charge in [0.2, 0.25) is 0 Å².